The van der Waals surface area contributed by atoms with Gasteiger partial charge in [-0.2, -0.15) is 0 Å². The van der Waals surface area contributed by atoms with E-state index in [1.165, 1.54) is 11.8 Å². The summed E-state index contributed by atoms with van der Waals surface area (Å²) in [6.07, 6.45) is 1.80. The highest BCUT2D eigenvalue weighted by Crippen LogP contribution is 2.33. The SMILES string of the molecule is CCCc1cc(=O)[nH]c(SCc2ccc3c(c2)OCO3)n1. The lowest BCUT2D eigenvalue weighted by atomic mass is 10.2. The molecule has 5 nitrogen and oxygen atoms in total. The maximum atomic E-state index is 11.6. The van der Waals surface area contributed by atoms with Crippen LogP contribution in [0, 0.1) is 0 Å². The van der Waals surface area contributed by atoms with Crippen molar-refractivity contribution in [2.75, 3.05) is 6.79 Å². The van der Waals surface area contributed by atoms with Crippen molar-refractivity contribution in [1.29, 1.82) is 0 Å². The lowest BCUT2D eigenvalue weighted by Gasteiger charge is -2.04. The fourth-order valence-corrected chi connectivity index (χ4v) is 2.96. The van der Waals surface area contributed by atoms with Crippen molar-refractivity contribution in [3.8, 4) is 11.5 Å². The first-order chi connectivity index (χ1) is 10.2. The Hall–Kier alpha value is -1.95. The van der Waals surface area contributed by atoms with Crippen LogP contribution in [-0.4, -0.2) is 16.8 Å². The predicted octanol–water partition coefficient (Wildman–Crippen LogP) is 2.74. The van der Waals surface area contributed by atoms with E-state index in [1.807, 2.05) is 18.2 Å². The highest BCUT2D eigenvalue weighted by atomic mass is 32.2. The van der Waals surface area contributed by atoms with Crippen molar-refractivity contribution in [3.63, 3.8) is 0 Å². The smallest absolute Gasteiger partial charge is 0.251 e. The van der Waals surface area contributed by atoms with Gasteiger partial charge in [-0.25, -0.2) is 4.98 Å². The van der Waals surface area contributed by atoms with Gasteiger partial charge in [0.2, 0.25) is 6.79 Å². The minimum atomic E-state index is -0.0957. The number of hydrogen-bond donors (Lipinski definition) is 1. The van der Waals surface area contributed by atoms with Crippen LogP contribution in [0.5, 0.6) is 11.5 Å². The van der Waals surface area contributed by atoms with Crippen molar-refractivity contribution in [3.05, 3.63) is 45.9 Å². The summed E-state index contributed by atoms with van der Waals surface area (Å²) in [6.45, 7) is 2.35. The molecule has 0 saturated carbocycles. The van der Waals surface area contributed by atoms with Gasteiger partial charge in [-0.3, -0.25) is 4.79 Å². The van der Waals surface area contributed by atoms with Gasteiger partial charge in [-0.05, 0) is 24.1 Å². The molecule has 0 amide bonds. The lowest BCUT2D eigenvalue weighted by Crippen LogP contribution is -2.09. The van der Waals surface area contributed by atoms with Crippen molar-refractivity contribution >= 4 is 11.8 Å². The Kier molecular flexibility index (Phi) is 4.15. The molecule has 6 heteroatoms. The van der Waals surface area contributed by atoms with Gasteiger partial charge in [0.15, 0.2) is 16.7 Å². The van der Waals surface area contributed by atoms with Crippen molar-refractivity contribution in [2.24, 2.45) is 0 Å². The predicted molar refractivity (Wildman–Crippen MR) is 81.0 cm³/mol. The summed E-state index contributed by atoms with van der Waals surface area (Å²) < 4.78 is 10.6. The minimum Gasteiger partial charge on any atom is -0.454 e. The molecule has 0 fully saturated rings. The number of hydrogen-bond acceptors (Lipinski definition) is 5. The van der Waals surface area contributed by atoms with Gasteiger partial charge in [-0.1, -0.05) is 31.2 Å². The van der Waals surface area contributed by atoms with Gasteiger partial charge in [-0.15, -0.1) is 0 Å². The van der Waals surface area contributed by atoms with Gasteiger partial charge in [0.05, 0.1) is 0 Å². The fourth-order valence-electron chi connectivity index (χ4n) is 2.12. The third-order valence-corrected chi connectivity index (χ3v) is 4.04. The van der Waals surface area contributed by atoms with Crippen molar-refractivity contribution in [1.82, 2.24) is 9.97 Å². The molecule has 21 heavy (non-hydrogen) atoms. The molecule has 2 heterocycles. The number of fused-ring (bicyclic) bond motifs is 1. The molecular formula is C15H16N2O3S. The summed E-state index contributed by atoms with van der Waals surface area (Å²) >= 11 is 1.51. The first kappa shape index (κ1) is 14.0. The Bertz CT molecular complexity index is 700. The standard InChI is InChI=1S/C15H16N2O3S/c1-2-3-11-7-14(18)17-15(16-11)21-8-10-4-5-12-13(6-10)20-9-19-12/h4-7H,2-3,8-9H2,1H3,(H,16,17,18). The normalized spacial score (nSPS) is 12.6. The van der Waals surface area contributed by atoms with E-state index in [9.17, 15) is 4.79 Å². The maximum Gasteiger partial charge on any atom is 0.251 e. The van der Waals surface area contributed by atoms with E-state index in [2.05, 4.69) is 16.9 Å². The molecule has 1 aliphatic rings. The van der Waals surface area contributed by atoms with E-state index in [-0.39, 0.29) is 12.4 Å². The zero-order valence-corrected chi connectivity index (χ0v) is 12.5. The molecule has 3 rings (SSSR count). The molecule has 1 aliphatic heterocycles. The molecule has 0 aliphatic carbocycles. The highest BCUT2D eigenvalue weighted by molar-refractivity contribution is 7.98. The van der Waals surface area contributed by atoms with Crippen LogP contribution in [0.25, 0.3) is 0 Å². The Balaban J connectivity index is 1.71. The fraction of sp³-hybridized carbons (Fsp3) is 0.333. The molecule has 0 bridgehead atoms. The van der Waals surface area contributed by atoms with Gasteiger partial charge in [0, 0.05) is 17.5 Å². The average Bonchev–Trinajstić information content (AvgIpc) is 2.92. The minimum absolute atomic E-state index is 0.0957. The Morgan fingerprint density at radius 2 is 2.14 bits per heavy atom. The number of nitrogens with zero attached hydrogens (tertiary/aromatic N) is 1. The molecule has 1 N–H and O–H groups in total. The molecule has 110 valence electrons. The number of H-pyrrole nitrogens is 1. The molecular weight excluding hydrogens is 288 g/mol. The first-order valence-corrected chi connectivity index (χ1v) is 7.84. The van der Waals surface area contributed by atoms with E-state index in [4.69, 9.17) is 9.47 Å². The molecule has 2 aromatic rings. The monoisotopic (exact) mass is 304 g/mol. The third-order valence-electron chi connectivity index (χ3n) is 3.09. The maximum absolute atomic E-state index is 11.6. The Labute approximate surface area is 126 Å². The third kappa shape index (κ3) is 3.39. The van der Waals surface area contributed by atoms with Crippen LogP contribution in [0.4, 0.5) is 0 Å². The van der Waals surface area contributed by atoms with Crippen LogP contribution in [0.3, 0.4) is 0 Å². The number of aromatic nitrogens is 2. The summed E-state index contributed by atoms with van der Waals surface area (Å²) in [7, 11) is 0. The lowest BCUT2D eigenvalue weighted by molar-refractivity contribution is 0.174. The number of thioether (sulfide) groups is 1. The molecule has 0 saturated heterocycles. The molecule has 1 aromatic carbocycles. The number of rotatable bonds is 5. The first-order valence-electron chi connectivity index (χ1n) is 6.86. The molecule has 0 unspecified atom stereocenters. The second kappa shape index (κ2) is 6.22. The van der Waals surface area contributed by atoms with Gasteiger partial charge < -0.3 is 14.5 Å². The van der Waals surface area contributed by atoms with Gasteiger partial charge in [0.25, 0.3) is 5.56 Å². The molecule has 0 atom stereocenters. The number of aryl methyl sites for hydroxylation is 1. The van der Waals surface area contributed by atoms with Crippen LogP contribution >= 0.6 is 11.8 Å². The van der Waals surface area contributed by atoms with E-state index >= 15 is 0 Å². The summed E-state index contributed by atoms with van der Waals surface area (Å²) in [5, 5.41) is 0.656. The van der Waals surface area contributed by atoms with Crippen molar-refractivity contribution < 1.29 is 9.47 Å². The van der Waals surface area contributed by atoms with Crippen LogP contribution in [0.15, 0.2) is 34.2 Å². The number of benzene rings is 1. The second-order valence-corrected chi connectivity index (χ2v) is 5.73. The Morgan fingerprint density at radius 3 is 3.00 bits per heavy atom. The highest BCUT2D eigenvalue weighted by Gasteiger charge is 2.13. The van der Waals surface area contributed by atoms with Crippen LogP contribution < -0.4 is 15.0 Å². The van der Waals surface area contributed by atoms with Gasteiger partial charge in [0.1, 0.15) is 0 Å². The molecule has 0 spiro atoms. The van der Waals surface area contributed by atoms with E-state index in [0.29, 0.717) is 5.16 Å². The quantitative estimate of drug-likeness (QED) is 0.679. The van der Waals surface area contributed by atoms with E-state index in [0.717, 1.165) is 41.4 Å². The largest absolute Gasteiger partial charge is 0.454 e. The summed E-state index contributed by atoms with van der Waals surface area (Å²) in [6, 6.07) is 7.42. The van der Waals surface area contributed by atoms with Crippen LogP contribution in [0.1, 0.15) is 24.6 Å². The summed E-state index contributed by atoms with van der Waals surface area (Å²) in [4.78, 5) is 18.8. The zero-order chi connectivity index (χ0) is 14.7. The average molecular weight is 304 g/mol. The van der Waals surface area contributed by atoms with Gasteiger partial charge >= 0.3 is 0 Å². The number of ether oxygens (including phenoxy) is 2. The molecule has 0 radical (unpaired) electrons. The summed E-state index contributed by atoms with van der Waals surface area (Å²) in [5.74, 6) is 2.27. The van der Waals surface area contributed by atoms with Crippen molar-refractivity contribution in [2.45, 2.75) is 30.7 Å². The van der Waals surface area contributed by atoms with E-state index < -0.39 is 0 Å². The zero-order valence-electron chi connectivity index (χ0n) is 11.7. The second-order valence-electron chi connectivity index (χ2n) is 4.77. The number of nitrogens with one attached hydrogen (secondary N) is 1. The summed E-state index contributed by atoms with van der Waals surface area (Å²) in [5.41, 5.74) is 1.85. The Morgan fingerprint density at radius 1 is 1.29 bits per heavy atom. The molecule has 1 aromatic heterocycles. The topological polar surface area (TPSA) is 64.2 Å². The number of aromatic amines is 1. The van der Waals surface area contributed by atoms with E-state index in [1.54, 1.807) is 6.07 Å². The van der Waals surface area contributed by atoms with Crippen LogP contribution in [0.2, 0.25) is 0 Å². The van der Waals surface area contributed by atoms with Crippen LogP contribution in [-0.2, 0) is 12.2 Å².